The minimum absolute atomic E-state index is 0.0821. The second kappa shape index (κ2) is 8.90. The molecule has 1 aromatic heterocycles. The highest BCUT2D eigenvalue weighted by Gasteiger charge is 2.42. The molecule has 2 aromatic rings. The van der Waals surface area contributed by atoms with Crippen molar-refractivity contribution in [2.45, 2.75) is 64.5 Å². The normalized spacial score (nSPS) is 20.9. The highest BCUT2D eigenvalue weighted by atomic mass is 16.7. The van der Waals surface area contributed by atoms with E-state index in [4.69, 9.17) is 9.82 Å². The number of nitrogens with zero attached hydrogens (tertiary/aromatic N) is 3. The summed E-state index contributed by atoms with van der Waals surface area (Å²) in [6, 6.07) is 3.70. The molecule has 1 saturated heterocycles. The van der Waals surface area contributed by atoms with Crippen LogP contribution in [0.3, 0.4) is 0 Å². The molecule has 9 nitrogen and oxygen atoms in total. The molecule has 4 rings (SSSR count). The summed E-state index contributed by atoms with van der Waals surface area (Å²) in [6.45, 7) is 7.70. The van der Waals surface area contributed by atoms with Gasteiger partial charge in [0.1, 0.15) is 5.71 Å². The summed E-state index contributed by atoms with van der Waals surface area (Å²) >= 11 is 0. The van der Waals surface area contributed by atoms with Gasteiger partial charge in [0.2, 0.25) is 5.91 Å². The number of urea groups is 1. The maximum atomic E-state index is 12.4. The summed E-state index contributed by atoms with van der Waals surface area (Å²) in [4.78, 5) is 39.6. The van der Waals surface area contributed by atoms with E-state index in [-0.39, 0.29) is 23.6 Å². The molecule has 3 amide bonds. The fraction of sp³-hybridized carbons (Fsp3) is 0.565. The number of rotatable bonds is 6. The Morgan fingerprint density at radius 2 is 2.19 bits per heavy atom. The lowest BCUT2D eigenvalue weighted by atomic mass is 9.96. The van der Waals surface area contributed by atoms with Crippen LogP contribution < -0.4 is 10.6 Å². The van der Waals surface area contributed by atoms with Gasteiger partial charge in [0.05, 0.1) is 11.0 Å². The number of aromatic nitrogens is 2. The van der Waals surface area contributed by atoms with Gasteiger partial charge in [-0.15, -0.1) is 0 Å². The fourth-order valence-electron chi connectivity index (χ4n) is 4.32. The monoisotopic (exact) mass is 440 g/mol. The Bertz CT molecular complexity index is 1050. The van der Waals surface area contributed by atoms with Gasteiger partial charge < -0.3 is 20.0 Å². The summed E-state index contributed by atoms with van der Waals surface area (Å²) in [5, 5.41) is 10.1. The number of nitrogens with one attached hydrogen (secondary N) is 3. The largest absolute Gasteiger partial charge is 0.387 e. The number of aryl methyl sites for hydroxylation is 1. The van der Waals surface area contributed by atoms with E-state index in [2.05, 4.69) is 39.8 Å². The summed E-state index contributed by atoms with van der Waals surface area (Å²) in [6.07, 6.45) is 3.42. The van der Waals surface area contributed by atoms with Gasteiger partial charge in [-0.2, -0.15) is 0 Å². The first kappa shape index (κ1) is 22.3. The lowest BCUT2D eigenvalue weighted by Crippen LogP contribution is -2.45. The third-order valence-corrected chi connectivity index (χ3v) is 6.48. The highest BCUT2D eigenvalue weighted by Crippen LogP contribution is 2.32. The van der Waals surface area contributed by atoms with Crippen molar-refractivity contribution >= 4 is 28.7 Å². The van der Waals surface area contributed by atoms with Crippen LogP contribution in [0.2, 0.25) is 0 Å². The number of benzene rings is 1. The molecule has 1 spiro atoms. The van der Waals surface area contributed by atoms with Gasteiger partial charge in [-0.05, 0) is 56.5 Å². The maximum Gasteiger partial charge on any atom is 0.324 e. The number of hydrogen-bond donors (Lipinski definition) is 3. The molecule has 3 heterocycles. The van der Waals surface area contributed by atoms with E-state index in [9.17, 15) is 9.59 Å². The van der Waals surface area contributed by atoms with E-state index in [1.54, 1.807) is 11.9 Å². The van der Waals surface area contributed by atoms with Gasteiger partial charge >= 0.3 is 6.03 Å². The molecule has 9 heteroatoms. The van der Waals surface area contributed by atoms with E-state index < -0.39 is 0 Å². The predicted molar refractivity (Wildman–Crippen MR) is 123 cm³/mol. The number of H-pyrrole nitrogens is 1. The number of carbonyl (C=O) groups is 2. The molecular formula is C23H32N6O3. The molecule has 1 fully saturated rings. The van der Waals surface area contributed by atoms with E-state index in [1.807, 2.05) is 13.8 Å². The zero-order chi connectivity index (χ0) is 22.9. The standard InChI is InChI=1S/C23H32N6O3/c1-5-6-20(30)27-22(31)29(4)15(3)10-16-11-18-17(9-14(16)2)25-21(26-18)19-12-23(32-28-19)7-8-24-13-23/h9,11,15,24H,5-8,10,12-13H2,1-4H3,(H,25,26)(H,27,30,31). The first-order chi connectivity index (χ1) is 15.3. The van der Waals surface area contributed by atoms with Gasteiger partial charge in [-0.1, -0.05) is 12.1 Å². The molecule has 3 N–H and O–H groups in total. The molecule has 0 bridgehead atoms. The molecule has 172 valence electrons. The van der Waals surface area contributed by atoms with Crippen molar-refractivity contribution in [3.63, 3.8) is 0 Å². The third kappa shape index (κ3) is 4.48. The predicted octanol–water partition coefficient (Wildman–Crippen LogP) is 2.63. The maximum absolute atomic E-state index is 12.4. The molecule has 0 radical (unpaired) electrons. The number of oxime groups is 1. The minimum atomic E-state index is -0.369. The molecule has 2 aliphatic heterocycles. The zero-order valence-corrected chi connectivity index (χ0v) is 19.2. The number of likely N-dealkylation sites (N-methyl/N-ethyl adjacent to an activating group) is 1. The second-order valence-electron chi connectivity index (χ2n) is 9.06. The Hall–Kier alpha value is -2.94. The summed E-state index contributed by atoms with van der Waals surface area (Å²) in [5.74, 6) is 0.506. The van der Waals surface area contributed by atoms with Crippen molar-refractivity contribution in [2.24, 2.45) is 5.16 Å². The smallest absolute Gasteiger partial charge is 0.324 e. The van der Waals surface area contributed by atoms with E-state index in [0.717, 1.165) is 59.6 Å². The fourth-order valence-corrected chi connectivity index (χ4v) is 4.32. The van der Waals surface area contributed by atoms with Crippen LogP contribution >= 0.6 is 0 Å². The molecule has 32 heavy (non-hydrogen) atoms. The van der Waals surface area contributed by atoms with Crippen LogP contribution in [0, 0.1) is 6.92 Å². The van der Waals surface area contributed by atoms with Crippen molar-refractivity contribution in [3.05, 3.63) is 29.1 Å². The van der Waals surface area contributed by atoms with Crippen molar-refractivity contribution in [1.82, 2.24) is 25.5 Å². The number of fused-ring (bicyclic) bond motifs is 1. The van der Waals surface area contributed by atoms with Gasteiger partial charge in [0.25, 0.3) is 0 Å². The van der Waals surface area contributed by atoms with Crippen molar-refractivity contribution in [1.29, 1.82) is 0 Å². The topological polar surface area (TPSA) is 112 Å². The van der Waals surface area contributed by atoms with Crippen LogP contribution in [0.5, 0.6) is 0 Å². The number of amides is 3. The van der Waals surface area contributed by atoms with E-state index in [0.29, 0.717) is 19.3 Å². The van der Waals surface area contributed by atoms with Crippen LogP contribution in [0.4, 0.5) is 4.79 Å². The Morgan fingerprint density at radius 3 is 2.91 bits per heavy atom. The minimum Gasteiger partial charge on any atom is -0.387 e. The zero-order valence-electron chi connectivity index (χ0n) is 19.2. The van der Waals surface area contributed by atoms with E-state index in [1.165, 1.54) is 0 Å². The number of imide groups is 1. The first-order valence-electron chi connectivity index (χ1n) is 11.3. The van der Waals surface area contributed by atoms with Crippen LogP contribution in [0.25, 0.3) is 11.0 Å². The number of aromatic amines is 1. The molecule has 2 aliphatic rings. The lowest BCUT2D eigenvalue weighted by molar-refractivity contribution is -0.120. The molecular weight excluding hydrogens is 408 g/mol. The first-order valence-corrected chi connectivity index (χ1v) is 11.3. The van der Waals surface area contributed by atoms with Crippen LogP contribution in [0.15, 0.2) is 17.3 Å². The number of hydrogen-bond acceptors (Lipinski definition) is 6. The SMILES string of the molecule is CCCC(=O)NC(=O)N(C)C(C)Cc1cc2nc(C3=NOC4(CCNC4)C3)[nH]c2cc1C. The van der Waals surface area contributed by atoms with Gasteiger partial charge in [0, 0.05) is 38.9 Å². The quantitative estimate of drug-likeness (QED) is 0.639. The number of imidazole rings is 1. The number of carbonyl (C=O) groups excluding carboxylic acids is 2. The Labute approximate surface area is 188 Å². The van der Waals surface area contributed by atoms with Gasteiger partial charge in [0.15, 0.2) is 11.4 Å². The molecule has 1 aromatic carbocycles. The summed E-state index contributed by atoms with van der Waals surface area (Å²) < 4.78 is 0. The molecule has 2 unspecified atom stereocenters. The van der Waals surface area contributed by atoms with Gasteiger partial charge in [-0.25, -0.2) is 9.78 Å². The molecule has 0 aliphatic carbocycles. The Balaban J connectivity index is 1.46. The second-order valence-corrected chi connectivity index (χ2v) is 9.06. The van der Waals surface area contributed by atoms with Crippen LogP contribution in [-0.2, 0) is 16.1 Å². The molecule has 2 atom stereocenters. The Morgan fingerprint density at radius 1 is 1.38 bits per heavy atom. The summed E-state index contributed by atoms with van der Waals surface area (Å²) in [5.41, 5.74) is 4.68. The summed E-state index contributed by atoms with van der Waals surface area (Å²) in [7, 11) is 1.71. The van der Waals surface area contributed by atoms with E-state index >= 15 is 0 Å². The average Bonchev–Trinajstić information content (AvgIpc) is 3.48. The van der Waals surface area contributed by atoms with Gasteiger partial charge in [-0.3, -0.25) is 10.1 Å². The van der Waals surface area contributed by atoms with Crippen molar-refractivity contribution < 1.29 is 14.4 Å². The molecule has 0 saturated carbocycles. The average molecular weight is 441 g/mol. The van der Waals surface area contributed by atoms with Crippen molar-refractivity contribution in [3.8, 4) is 0 Å². The Kier molecular flexibility index (Phi) is 6.19. The van der Waals surface area contributed by atoms with Crippen LogP contribution in [0.1, 0.15) is 56.5 Å². The highest BCUT2D eigenvalue weighted by molar-refractivity contribution is 6.01. The lowest BCUT2D eigenvalue weighted by Gasteiger charge is -2.25. The van der Waals surface area contributed by atoms with Crippen LogP contribution in [-0.4, -0.2) is 64.3 Å². The van der Waals surface area contributed by atoms with Crippen molar-refractivity contribution in [2.75, 3.05) is 20.1 Å². The third-order valence-electron chi connectivity index (χ3n) is 6.48.